The molecule has 0 radical (unpaired) electrons. The first-order chi connectivity index (χ1) is 6.15. The Hall–Kier alpha value is -0.660. The standard InChI is InChI=1S/C6H9N3O2S2/c1-3-7-4(10)5-8-9-6(12-5)13(2)11/h3H2,1-2H3,(H,7,10). The van der Waals surface area contributed by atoms with E-state index in [2.05, 4.69) is 15.5 Å². The number of nitrogens with zero attached hydrogens (tertiary/aromatic N) is 2. The van der Waals surface area contributed by atoms with Crippen LogP contribution >= 0.6 is 11.3 Å². The molecule has 1 N–H and O–H groups in total. The van der Waals surface area contributed by atoms with Crippen LogP contribution < -0.4 is 5.32 Å². The summed E-state index contributed by atoms with van der Waals surface area (Å²) in [7, 11) is 0. The van der Waals surface area contributed by atoms with Gasteiger partial charge in [-0.15, -0.1) is 5.10 Å². The molecule has 1 aromatic heterocycles. The molecule has 0 aliphatic rings. The molecule has 5 nitrogen and oxygen atoms in total. The van der Waals surface area contributed by atoms with Crippen molar-refractivity contribution in [2.75, 3.05) is 12.8 Å². The second kappa shape index (κ2) is 4.54. The third-order valence-electron chi connectivity index (χ3n) is 1.18. The van der Waals surface area contributed by atoms with Crippen molar-refractivity contribution < 1.29 is 9.35 Å². The summed E-state index contributed by atoms with van der Waals surface area (Å²) in [4.78, 5) is 11.2. The maximum Gasteiger partial charge on any atom is 0.322 e. The van der Waals surface area contributed by atoms with Gasteiger partial charge in [-0.1, -0.05) is 5.10 Å². The molecule has 0 fully saturated rings. The minimum atomic E-state index is -1.16. The number of nitrogens with one attached hydrogen (secondary N) is 1. The molecular formula is C6H9N3O2S2. The van der Waals surface area contributed by atoms with Crippen LogP contribution in [0.1, 0.15) is 16.7 Å². The van der Waals surface area contributed by atoms with E-state index in [-0.39, 0.29) is 10.9 Å². The van der Waals surface area contributed by atoms with Crippen molar-refractivity contribution in [1.82, 2.24) is 15.5 Å². The molecule has 1 aromatic rings. The van der Waals surface area contributed by atoms with Crippen LogP contribution in [0.15, 0.2) is 4.34 Å². The Morgan fingerprint density at radius 1 is 1.69 bits per heavy atom. The number of carbonyl (C=O) groups is 1. The maximum absolute atomic E-state index is 11.2. The molecule has 13 heavy (non-hydrogen) atoms. The summed E-state index contributed by atoms with van der Waals surface area (Å²) in [5.41, 5.74) is 0. The van der Waals surface area contributed by atoms with E-state index in [1.807, 2.05) is 6.92 Å². The lowest BCUT2D eigenvalue weighted by Crippen LogP contribution is -2.22. The number of carbonyl (C=O) groups excluding carboxylic acids is 1. The van der Waals surface area contributed by atoms with E-state index in [1.54, 1.807) is 0 Å². The average molecular weight is 219 g/mol. The van der Waals surface area contributed by atoms with Crippen molar-refractivity contribution in [2.24, 2.45) is 0 Å². The van der Waals surface area contributed by atoms with E-state index in [0.717, 1.165) is 11.3 Å². The Morgan fingerprint density at radius 3 is 2.85 bits per heavy atom. The van der Waals surface area contributed by atoms with Crippen molar-refractivity contribution in [1.29, 1.82) is 0 Å². The molecule has 1 atom stereocenters. The molecular weight excluding hydrogens is 210 g/mol. The quantitative estimate of drug-likeness (QED) is 0.727. The second-order valence-corrected chi connectivity index (χ2v) is 4.72. The normalized spacial score (nSPS) is 12.5. The van der Waals surface area contributed by atoms with Crippen LogP contribution in [0.4, 0.5) is 0 Å². The van der Waals surface area contributed by atoms with E-state index >= 15 is 0 Å². The molecule has 7 heteroatoms. The molecule has 72 valence electrons. The lowest BCUT2D eigenvalue weighted by molar-refractivity contribution is 0.0954. The molecule has 0 aliphatic carbocycles. The van der Waals surface area contributed by atoms with Gasteiger partial charge in [-0.3, -0.25) is 4.79 Å². The number of amides is 1. The van der Waals surface area contributed by atoms with Gasteiger partial charge in [-0.2, -0.15) is 0 Å². The number of hydrogen-bond donors (Lipinski definition) is 1. The van der Waals surface area contributed by atoms with Gasteiger partial charge in [-0.05, 0) is 18.3 Å². The molecule has 1 unspecified atom stereocenters. The highest BCUT2D eigenvalue weighted by Crippen LogP contribution is 2.14. The summed E-state index contributed by atoms with van der Waals surface area (Å²) < 4.78 is 11.3. The number of aromatic nitrogens is 2. The van der Waals surface area contributed by atoms with Gasteiger partial charge >= 0.3 is 4.34 Å². The Kier molecular flexibility index (Phi) is 3.64. The van der Waals surface area contributed by atoms with Gasteiger partial charge in [0.15, 0.2) is 0 Å². The van der Waals surface area contributed by atoms with Gasteiger partial charge in [0.05, 0.1) is 0 Å². The van der Waals surface area contributed by atoms with Crippen molar-refractivity contribution in [3.63, 3.8) is 0 Å². The van der Waals surface area contributed by atoms with Crippen molar-refractivity contribution >= 4 is 28.4 Å². The summed E-state index contributed by atoms with van der Waals surface area (Å²) in [6.45, 7) is 2.36. The first-order valence-corrected chi connectivity index (χ1v) is 5.97. The molecule has 0 bridgehead atoms. The Bertz CT molecular complexity index is 300. The van der Waals surface area contributed by atoms with Gasteiger partial charge in [0.2, 0.25) is 5.01 Å². The molecule has 1 heterocycles. The molecule has 1 rings (SSSR count). The average Bonchev–Trinajstić information content (AvgIpc) is 2.52. The highest BCUT2D eigenvalue weighted by Gasteiger charge is 2.16. The monoisotopic (exact) mass is 219 g/mol. The van der Waals surface area contributed by atoms with Crippen molar-refractivity contribution in [2.45, 2.75) is 11.3 Å². The highest BCUT2D eigenvalue weighted by atomic mass is 32.2. The van der Waals surface area contributed by atoms with E-state index in [4.69, 9.17) is 0 Å². The zero-order valence-corrected chi connectivity index (χ0v) is 8.87. The van der Waals surface area contributed by atoms with Gasteiger partial charge in [-0.25, -0.2) is 0 Å². The van der Waals surface area contributed by atoms with E-state index in [0.29, 0.717) is 10.9 Å². The van der Waals surface area contributed by atoms with Crippen LogP contribution in [0.2, 0.25) is 0 Å². The summed E-state index contributed by atoms with van der Waals surface area (Å²) in [5.74, 6) is -0.267. The van der Waals surface area contributed by atoms with E-state index in [1.165, 1.54) is 6.26 Å². The number of hydrogen-bond acceptors (Lipinski definition) is 5. The fraction of sp³-hybridized carbons (Fsp3) is 0.500. The van der Waals surface area contributed by atoms with E-state index < -0.39 is 11.2 Å². The lowest BCUT2D eigenvalue weighted by atomic mass is 10.6. The van der Waals surface area contributed by atoms with Crippen LogP contribution in [0, 0.1) is 0 Å². The van der Waals surface area contributed by atoms with Crippen LogP contribution in [0.25, 0.3) is 0 Å². The number of rotatable bonds is 3. The molecule has 0 aliphatic heterocycles. The lowest BCUT2D eigenvalue weighted by Gasteiger charge is -1.95. The minimum absolute atomic E-state index is 0.257. The first kappa shape index (κ1) is 10.4. The van der Waals surface area contributed by atoms with E-state index in [9.17, 15) is 9.35 Å². The molecule has 0 saturated carbocycles. The smallest absolute Gasteiger partial charge is 0.322 e. The first-order valence-electron chi connectivity index (χ1n) is 3.60. The fourth-order valence-corrected chi connectivity index (χ4v) is 2.01. The van der Waals surface area contributed by atoms with Crippen LogP contribution in [-0.4, -0.2) is 33.5 Å². The summed E-state index contributed by atoms with van der Waals surface area (Å²) in [6.07, 6.45) is 1.50. The zero-order chi connectivity index (χ0) is 9.84. The highest BCUT2D eigenvalue weighted by molar-refractivity contribution is 7.92. The van der Waals surface area contributed by atoms with Crippen LogP contribution in [0.3, 0.4) is 0 Å². The maximum atomic E-state index is 11.2. The summed E-state index contributed by atoms with van der Waals surface area (Å²) in [5, 5.41) is 10.1. The molecule has 0 spiro atoms. The second-order valence-electron chi connectivity index (χ2n) is 2.19. The van der Waals surface area contributed by atoms with Gasteiger partial charge < -0.3 is 9.87 Å². The predicted molar refractivity (Wildman–Crippen MR) is 50.2 cm³/mol. The third kappa shape index (κ3) is 2.64. The summed E-state index contributed by atoms with van der Waals surface area (Å²) >= 11 is -0.109. The predicted octanol–water partition coefficient (Wildman–Crippen LogP) is 0.0252. The third-order valence-corrected chi connectivity index (χ3v) is 3.43. The Labute approximate surface area is 82.7 Å². The van der Waals surface area contributed by atoms with Crippen molar-refractivity contribution in [3.05, 3.63) is 5.01 Å². The van der Waals surface area contributed by atoms with Gasteiger partial charge in [0, 0.05) is 17.7 Å². The minimum Gasteiger partial charge on any atom is -0.610 e. The fourth-order valence-electron chi connectivity index (χ4n) is 0.654. The molecule has 0 aromatic carbocycles. The Morgan fingerprint density at radius 2 is 2.38 bits per heavy atom. The summed E-state index contributed by atoms with van der Waals surface area (Å²) in [6, 6.07) is 0. The van der Waals surface area contributed by atoms with Gasteiger partial charge in [0.1, 0.15) is 6.26 Å². The molecule has 1 amide bonds. The van der Waals surface area contributed by atoms with Gasteiger partial charge in [0.25, 0.3) is 5.91 Å². The van der Waals surface area contributed by atoms with Crippen LogP contribution in [-0.2, 0) is 11.2 Å². The molecule has 0 saturated heterocycles. The topological polar surface area (TPSA) is 77.9 Å². The van der Waals surface area contributed by atoms with Crippen LogP contribution in [0.5, 0.6) is 0 Å². The van der Waals surface area contributed by atoms with Crippen molar-refractivity contribution in [3.8, 4) is 0 Å². The SMILES string of the molecule is CCNC(=O)c1nnc([S+](C)[O-])s1. The largest absolute Gasteiger partial charge is 0.610 e. The Balaban J connectivity index is 2.73. The zero-order valence-electron chi connectivity index (χ0n) is 7.23.